The minimum absolute atomic E-state index is 0.182. The number of halogens is 1. The molecule has 3 aromatic rings. The molecule has 0 amide bonds. The summed E-state index contributed by atoms with van der Waals surface area (Å²) in [6, 6.07) is 3.21. The summed E-state index contributed by atoms with van der Waals surface area (Å²) in [6.07, 6.45) is 8.49. The zero-order valence-electron chi connectivity index (χ0n) is 18.0. The average molecular weight is 453 g/mol. The van der Waals surface area contributed by atoms with Gasteiger partial charge in [0.1, 0.15) is 23.7 Å². The number of fused-ring (bicyclic) bond motifs is 2. The van der Waals surface area contributed by atoms with Crippen molar-refractivity contribution in [3.05, 3.63) is 59.1 Å². The number of aromatic nitrogens is 4. The molecule has 2 aromatic heterocycles. The number of nitrogens with one attached hydrogen (secondary N) is 1. The van der Waals surface area contributed by atoms with Crippen LogP contribution in [0.1, 0.15) is 35.9 Å². The zero-order valence-corrected chi connectivity index (χ0v) is 18.8. The molecule has 0 fully saturated rings. The molecule has 0 saturated carbocycles. The Morgan fingerprint density at radius 2 is 2.19 bits per heavy atom. The van der Waals surface area contributed by atoms with E-state index < -0.39 is 0 Å². The van der Waals surface area contributed by atoms with Gasteiger partial charge in [-0.2, -0.15) is 0 Å². The number of ether oxygens (including phenoxy) is 1. The molecule has 0 aliphatic carbocycles. The second kappa shape index (κ2) is 8.82. The highest BCUT2D eigenvalue weighted by Crippen LogP contribution is 2.31. The molecule has 0 spiro atoms. The van der Waals surface area contributed by atoms with E-state index in [1.807, 2.05) is 17.5 Å². The Hall–Kier alpha value is -3.07. The molecular weight excluding hydrogens is 427 g/mol. The summed E-state index contributed by atoms with van der Waals surface area (Å²) in [4.78, 5) is 6.87. The summed E-state index contributed by atoms with van der Waals surface area (Å²) in [6.45, 7) is 5.07. The lowest BCUT2D eigenvalue weighted by Crippen LogP contribution is -2.41. The van der Waals surface area contributed by atoms with E-state index >= 15 is 0 Å². The van der Waals surface area contributed by atoms with E-state index in [0.717, 1.165) is 71.5 Å². The van der Waals surface area contributed by atoms with Gasteiger partial charge in [-0.05, 0) is 55.3 Å². The summed E-state index contributed by atoms with van der Waals surface area (Å²) in [5, 5.41) is 12.5. The van der Waals surface area contributed by atoms with Gasteiger partial charge in [0.05, 0.1) is 6.61 Å². The molecule has 166 valence electrons. The maximum Gasteiger partial charge on any atom is 0.171 e. The van der Waals surface area contributed by atoms with Crippen molar-refractivity contribution in [1.82, 2.24) is 29.8 Å². The van der Waals surface area contributed by atoms with Crippen molar-refractivity contribution in [1.29, 1.82) is 0 Å². The highest BCUT2D eigenvalue weighted by Gasteiger charge is 2.21. The van der Waals surface area contributed by atoms with E-state index in [9.17, 15) is 4.39 Å². The topological polar surface area (TPSA) is 67.6 Å². The van der Waals surface area contributed by atoms with Crippen molar-refractivity contribution in [3.8, 4) is 5.75 Å². The van der Waals surface area contributed by atoms with Crippen LogP contribution in [0.2, 0.25) is 0 Å². The quantitative estimate of drug-likeness (QED) is 0.597. The van der Waals surface area contributed by atoms with Crippen LogP contribution in [0.15, 0.2) is 30.7 Å². The van der Waals surface area contributed by atoms with Gasteiger partial charge < -0.3 is 15.0 Å². The summed E-state index contributed by atoms with van der Waals surface area (Å²) >= 11 is 5.43. The van der Waals surface area contributed by atoms with Crippen molar-refractivity contribution in [2.45, 2.75) is 32.6 Å². The SMILES string of the molecule is CCNC(=S)N1CC=C(c2cnc(CCc3c(F)ccc4c3CCO4)n3cnnc23)CC1. The molecule has 7 nitrogen and oxygen atoms in total. The van der Waals surface area contributed by atoms with Crippen LogP contribution in [0.5, 0.6) is 5.75 Å². The van der Waals surface area contributed by atoms with E-state index in [1.54, 1.807) is 12.4 Å². The van der Waals surface area contributed by atoms with E-state index in [2.05, 4.69) is 26.5 Å². The van der Waals surface area contributed by atoms with Crippen molar-refractivity contribution in [2.24, 2.45) is 0 Å². The molecule has 5 rings (SSSR count). The zero-order chi connectivity index (χ0) is 22.1. The van der Waals surface area contributed by atoms with Gasteiger partial charge in [-0.1, -0.05) is 6.08 Å². The minimum Gasteiger partial charge on any atom is -0.493 e. The molecule has 9 heteroatoms. The van der Waals surface area contributed by atoms with Crippen LogP contribution in [0.4, 0.5) is 4.39 Å². The summed E-state index contributed by atoms with van der Waals surface area (Å²) in [5.74, 6) is 1.43. The van der Waals surface area contributed by atoms with E-state index in [1.165, 1.54) is 11.6 Å². The van der Waals surface area contributed by atoms with Crippen LogP contribution in [0.25, 0.3) is 11.2 Å². The van der Waals surface area contributed by atoms with Gasteiger partial charge in [0.2, 0.25) is 0 Å². The second-order valence-electron chi connectivity index (χ2n) is 7.97. The van der Waals surface area contributed by atoms with Crippen LogP contribution in [-0.4, -0.2) is 55.8 Å². The summed E-state index contributed by atoms with van der Waals surface area (Å²) in [5.41, 5.74) is 4.67. The van der Waals surface area contributed by atoms with Crippen LogP contribution in [0, 0.1) is 5.82 Å². The van der Waals surface area contributed by atoms with E-state index in [0.29, 0.717) is 19.4 Å². The Kier molecular flexibility index (Phi) is 5.73. The third-order valence-corrected chi connectivity index (χ3v) is 6.52. The molecule has 4 heterocycles. The molecule has 0 radical (unpaired) electrons. The third-order valence-electron chi connectivity index (χ3n) is 6.12. The first kappa shape index (κ1) is 20.8. The summed E-state index contributed by atoms with van der Waals surface area (Å²) in [7, 11) is 0. The lowest BCUT2D eigenvalue weighted by atomic mass is 9.99. The molecular formula is C23H25FN6OS. The Bertz CT molecular complexity index is 1210. The largest absolute Gasteiger partial charge is 0.493 e. The fourth-order valence-corrected chi connectivity index (χ4v) is 4.77. The van der Waals surface area contributed by atoms with Crippen molar-refractivity contribution >= 4 is 28.6 Å². The number of hydrogen-bond donors (Lipinski definition) is 1. The predicted molar refractivity (Wildman–Crippen MR) is 124 cm³/mol. The van der Waals surface area contributed by atoms with Crippen molar-refractivity contribution in [3.63, 3.8) is 0 Å². The standard InChI is InChI=1S/C23H25FN6OS/c1-2-25-23(32)29-10-7-15(8-11-29)18-13-26-21(30-14-27-28-22(18)30)6-3-16-17-9-12-31-20(17)5-4-19(16)24/h4-5,7,13-14H,2-3,6,8-12H2,1H3,(H,25,32). The predicted octanol–water partition coefficient (Wildman–Crippen LogP) is 2.97. The molecule has 2 aliphatic rings. The number of nitrogens with zero attached hydrogens (tertiary/aromatic N) is 5. The molecule has 0 atom stereocenters. The Balaban J connectivity index is 1.37. The average Bonchev–Trinajstić information content (AvgIpc) is 3.49. The number of aryl methyl sites for hydroxylation is 1. The highest BCUT2D eigenvalue weighted by molar-refractivity contribution is 7.80. The van der Waals surface area contributed by atoms with Crippen LogP contribution in [0.3, 0.4) is 0 Å². The fourth-order valence-electron chi connectivity index (χ4n) is 4.46. The molecule has 0 saturated heterocycles. The third kappa shape index (κ3) is 3.81. The maximum absolute atomic E-state index is 14.5. The molecule has 2 aliphatic heterocycles. The van der Waals surface area contributed by atoms with Gasteiger partial charge in [0, 0.05) is 49.8 Å². The Morgan fingerprint density at radius 1 is 1.28 bits per heavy atom. The minimum atomic E-state index is -0.182. The molecule has 1 N–H and O–H groups in total. The smallest absolute Gasteiger partial charge is 0.171 e. The van der Waals surface area contributed by atoms with Gasteiger partial charge >= 0.3 is 0 Å². The molecule has 0 bridgehead atoms. The van der Waals surface area contributed by atoms with Crippen LogP contribution >= 0.6 is 12.2 Å². The van der Waals surface area contributed by atoms with Gasteiger partial charge in [0.15, 0.2) is 10.8 Å². The number of hydrogen-bond acceptors (Lipinski definition) is 5. The Labute approximate surface area is 191 Å². The van der Waals surface area contributed by atoms with E-state index in [4.69, 9.17) is 21.9 Å². The summed E-state index contributed by atoms with van der Waals surface area (Å²) < 4.78 is 22.0. The number of thiocarbonyl (C=S) groups is 1. The monoisotopic (exact) mass is 452 g/mol. The maximum atomic E-state index is 14.5. The molecule has 32 heavy (non-hydrogen) atoms. The number of benzene rings is 1. The van der Waals surface area contributed by atoms with Gasteiger partial charge in [0.25, 0.3) is 0 Å². The second-order valence-corrected chi connectivity index (χ2v) is 8.36. The first-order valence-corrected chi connectivity index (χ1v) is 11.4. The van der Waals surface area contributed by atoms with Crippen molar-refractivity contribution < 1.29 is 9.13 Å². The first-order chi connectivity index (χ1) is 15.7. The Morgan fingerprint density at radius 3 is 3.00 bits per heavy atom. The van der Waals surface area contributed by atoms with E-state index in [-0.39, 0.29) is 5.82 Å². The normalized spacial score (nSPS) is 15.4. The lowest BCUT2D eigenvalue weighted by Gasteiger charge is -2.29. The number of rotatable bonds is 5. The van der Waals surface area contributed by atoms with Gasteiger partial charge in [-0.25, -0.2) is 9.37 Å². The molecule has 1 aromatic carbocycles. The van der Waals surface area contributed by atoms with Crippen LogP contribution in [-0.2, 0) is 19.3 Å². The fraction of sp³-hybridized carbons (Fsp3) is 0.391. The lowest BCUT2D eigenvalue weighted by molar-refractivity contribution is 0.356. The van der Waals surface area contributed by atoms with Crippen molar-refractivity contribution in [2.75, 3.05) is 26.2 Å². The van der Waals surface area contributed by atoms with Crippen LogP contribution < -0.4 is 10.1 Å². The highest BCUT2D eigenvalue weighted by atomic mass is 32.1. The van der Waals surface area contributed by atoms with Gasteiger partial charge in [-0.15, -0.1) is 10.2 Å². The molecule has 0 unspecified atom stereocenters. The van der Waals surface area contributed by atoms with Gasteiger partial charge in [-0.3, -0.25) is 4.40 Å². The first-order valence-electron chi connectivity index (χ1n) is 11.0.